The van der Waals surface area contributed by atoms with Crippen LogP contribution in [0.3, 0.4) is 0 Å². The molecule has 1 fully saturated rings. The number of rotatable bonds is 3. The Kier molecular flexibility index (Phi) is 3.72. The van der Waals surface area contributed by atoms with Gasteiger partial charge in [-0.3, -0.25) is 4.99 Å². The number of guanidine groups is 1. The highest BCUT2D eigenvalue weighted by Crippen LogP contribution is 2.30. The zero-order chi connectivity index (χ0) is 11.5. The van der Waals surface area contributed by atoms with E-state index in [0.29, 0.717) is 12.1 Å². The minimum atomic E-state index is 0.486. The van der Waals surface area contributed by atoms with Crippen molar-refractivity contribution in [2.75, 3.05) is 6.54 Å². The normalized spacial score (nSPS) is 27.6. The van der Waals surface area contributed by atoms with Crippen molar-refractivity contribution in [3.63, 3.8) is 0 Å². The summed E-state index contributed by atoms with van der Waals surface area (Å²) in [6, 6.07) is 1.06. The molecule has 3 nitrogen and oxygen atoms in total. The Balaban J connectivity index is 1.89. The summed E-state index contributed by atoms with van der Waals surface area (Å²) in [6.45, 7) is 5.34. The van der Waals surface area contributed by atoms with Crippen molar-refractivity contribution in [2.45, 2.75) is 64.5 Å². The molecule has 0 bridgehead atoms. The lowest BCUT2D eigenvalue weighted by Gasteiger charge is -2.33. The first kappa shape index (κ1) is 11.7. The van der Waals surface area contributed by atoms with Gasteiger partial charge in [-0.2, -0.15) is 0 Å². The monoisotopic (exact) mass is 223 g/mol. The largest absolute Gasteiger partial charge is 0.370 e. The van der Waals surface area contributed by atoms with E-state index in [0.717, 1.165) is 18.4 Å². The molecule has 0 aromatic carbocycles. The summed E-state index contributed by atoms with van der Waals surface area (Å²) < 4.78 is 0. The van der Waals surface area contributed by atoms with Crippen LogP contribution in [-0.2, 0) is 0 Å². The highest BCUT2D eigenvalue weighted by Gasteiger charge is 2.30. The summed E-state index contributed by atoms with van der Waals surface area (Å²) in [7, 11) is 0. The molecule has 2 aliphatic rings. The topological polar surface area (TPSA) is 41.6 Å². The molecule has 0 aromatic heterocycles. The molecule has 3 heteroatoms. The fourth-order valence-corrected chi connectivity index (χ4v) is 3.24. The minimum absolute atomic E-state index is 0.486. The third kappa shape index (κ3) is 2.50. The quantitative estimate of drug-likeness (QED) is 0.798. The standard InChI is InChI=1S/C13H25N3/c1-10(2)16-12(9-15-13(16)14)8-11-6-4-3-5-7-11/h10-12H,3-9H2,1-2H3,(H2,14,15). The van der Waals surface area contributed by atoms with Crippen molar-refractivity contribution in [1.29, 1.82) is 0 Å². The fraction of sp³-hybridized carbons (Fsp3) is 0.923. The average molecular weight is 223 g/mol. The Bertz CT molecular complexity index is 254. The van der Waals surface area contributed by atoms with Gasteiger partial charge in [-0.1, -0.05) is 32.1 Å². The van der Waals surface area contributed by atoms with Gasteiger partial charge in [-0.25, -0.2) is 0 Å². The molecule has 92 valence electrons. The van der Waals surface area contributed by atoms with Gasteiger partial charge in [0.05, 0.1) is 12.6 Å². The summed E-state index contributed by atoms with van der Waals surface area (Å²) >= 11 is 0. The van der Waals surface area contributed by atoms with Crippen LogP contribution in [0.25, 0.3) is 0 Å². The van der Waals surface area contributed by atoms with Crippen LogP contribution in [0.5, 0.6) is 0 Å². The molecular formula is C13H25N3. The fourth-order valence-electron chi connectivity index (χ4n) is 3.24. The lowest BCUT2D eigenvalue weighted by Crippen LogP contribution is -2.45. The molecule has 1 atom stereocenters. The molecule has 0 amide bonds. The van der Waals surface area contributed by atoms with Gasteiger partial charge in [-0.15, -0.1) is 0 Å². The van der Waals surface area contributed by atoms with Crippen LogP contribution in [0.4, 0.5) is 0 Å². The molecule has 1 saturated carbocycles. The number of hydrogen-bond acceptors (Lipinski definition) is 3. The van der Waals surface area contributed by atoms with E-state index in [1.165, 1.54) is 38.5 Å². The molecule has 1 aliphatic carbocycles. The predicted octanol–water partition coefficient (Wildman–Crippen LogP) is 2.36. The van der Waals surface area contributed by atoms with E-state index in [4.69, 9.17) is 5.73 Å². The van der Waals surface area contributed by atoms with Gasteiger partial charge in [-0.05, 0) is 26.2 Å². The minimum Gasteiger partial charge on any atom is -0.370 e. The van der Waals surface area contributed by atoms with E-state index in [1.807, 2.05) is 0 Å². The van der Waals surface area contributed by atoms with Crippen LogP contribution in [0.2, 0.25) is 0 Å². The maximum Gasteiger partial charge on any atom is 0.191 e. The smallest absolute Gasteiger partial charge is 0.191 e. The lowest BCUT2D eigenvalue weighted by atomic mass is 9.84. The number of nitrogens with two attached hydrogens (primary N) is 1. The molecule has 0 aromatic rings. The van der Waals surface area contributed by atoms with Gasteiger partial charge < -0.3 is 10.6 Å². The van der Waals surface area contributed by atoms with Gasteiger partial charge in [0.1, 0.15) is 0 Å². The van der Waals surface area contributed by atoms with Crippen LogP contribution >= 0.6 is 0 Å². The molecule has 1 aliphatic heterocycles. The van der Waals surface area contributed by atoms with E-state index < -0.39 is 0 Å². The van der Waals surface area contributed by atoms with Crippen LogP contribution in [-0.4, -0.2) is 29.5 Å². The molecule has 2 N–H and O–H groups in total. The van der Waals surface area contributed by atoms with Gasteiger partial charge in [0.25, 0.3) is 0 Å². The van der Waals surface area contributed by atoms with Crippen molar-refractivity contribution in [1.82, 2.24) is 4.90 Å². The number of hydrogen-bond donors (Lipinski definition) is 1. The lowest BCUT2D eigenvalue weighted by molar-refractivity contribution is 0.219. The van der Waals surface area contributed by atoms with Gasteiger partial charge in [0.2, 0.25) is 0 Å². The third-order valence-electron chi connectivity index (χ3n) is 4.01. The second kappa shape index (κ2) is 5.07. The maximum absolute atomic E-state index is 5.95. The average Bonchev–Trinajstić information content (AvgIpc) is 2.61. The van der Waals surface area contributed by atoms with Crippen LogP contribution < -0.4 is 5.73 Å². The summed E-state index contributed by atoms with van der Waals surface area (Å²) in [4.78, 5) is 6.72. The Morgan fingerprint density at radius 2 is 2.00 bits per heavy atom. The predicted molar refractivity (Wildman–Crippen MR) is 68.4 cm³/mol. The molecule has 0 radical (unpaired) electrons. The molecule has 2 rings (SSSR count). The van der Waals surface area contributed by atoms with Gasteiger partial charge in [0, 0.05) is 6.04 Å². The van der Waals surface area contributed by atoms with Crippen molar-refractivity contribution in [3.8, 4) is 0 Å². The van der Waals surface area contributed by atoms with Crippen molar-refractivity contribution < 1.29 is 0 Å². The highest BCUT2D eigenvalue weighted by atomic mass is 15.3. The zero-order valence-electron chi connectivity index (χ0n) is 10.7. The first-order chi connectivity index (χ1) is 7.68. The van der Waals surface area contributed by atoms with Gasteiger partial charge >= 0.3 is 0 Å². The Morgan fingerprint density at radius 1 is 1.31 bits per heavy atom. The first-order valence-electron chi connectivity index (χ1n) is 6.76. The molecule has 1 unspecified atom stereocenters. The van der Waals surface area contributed by atoms with E-state index in [1.54, 1.807) is 0 Å². The van der Waals surface area contributed by atoms with Crippen LogP contribution in [0, 0.1) is 5.92 Å². The van der Waals surface area contributed by atoms with Crippen LogP contribution in [0.1, 0.15) is 52.4 Å². The summed E-state index contributed by atoms with van der Waals surface area (Å²) in [6.07, 6.45) is 8.42. The number of nitrogens with zero attached hydrogens (tertiary/aromatic N) is 2. The van der Waals surface area contributed by atoms with E-state index in [2.05, 4.69) is 23.7 Å². The third-order valence-corrected chi connectivity index (χ3v) is 4.01. The molecular weight excluding hydrogens is 198 g/mol. The number of aliphatic imine (C=N–C) groups is 1. The van der Waals surface area contributed by atoms with Crippen molar-refractivity contribution in [2.24, 2.45) is 16.6 Å². The Morgan fingerprint density at radius 3 is 2.62 bits per heavy atom. The van der Waals surface area contributed by atoms with Gasteiger partial charge in [0.15, 0.2) is 5.96 Å². The highest BCUT2D eigenvalue weighted by molar-refractivity contribution is 5.80. The zero-order valence-corrected chi connectivity index (χ0v) is 10.7. The van der Waals surface area contributed by atoms with Crippen molar-refractivity contribution in [3.05, 3.63) is 0 Å². The summed E-state index contributed by atoms with van der Waals surface area (Å²) in [5, 5.41) is 0. The van der Waals surface area contributed by atoms with Crippen LogP contribution in [0.15, 0.2) is 4.99 Å². The Labute approximate surface area is 99.1 Å². The maximum atomic E-state index is 5.95. The SMILES string of the molecule is CC(C)N1C(N)=NCC1CC1CCCCC1. The molecule has 0 saturated heterocycles. The van der Waals surface area contributed by atoms with E-state index in [9.17, 15) is 0 Å². The molecule has 16 heavy (non-hydrogen) atoms. The molecule has 0 spiro atoms. The second-order valence-corrected chi connectivity index (χ2v) is 5.59. The van der Waals surface area contributed by atoms with E-state index >= 15 is 0 Å². The summed E-state index contributed by atoms with van der Waals surface area (Å²) in [5.41, 5.74) is 5.95. The second-order valence-electron chi connectivity index (χ2n) is 5.59. The first-order valence-corrected chi connectivity index (χ1v) is 6.76. The van der Waals surface area contributed by atoms with Crippen molar-refractivity contribution >= 4 is 5.96 Å². The summed E-state index contributed by atoms with van der Waals surface area (Å²) in [5.74, 6) is 1.68. The van der Waals surface area contributed by atoms with E-state index in [-0.39, 0.29) is 0 Å². The Hall–Kier alpha value is -0.730. The molecule has 1 heterocycles.